The maximum absolute atomic E-state index is 11.7. The summed E-state index contributed by atoms with van der Waals surface area (Å²) in [6.07, 6.45) is 2.19. The number of rotatable bonds is 3. The lowest BCUT2D eigenvalue weighted by Gasteiger charge is -2.37. The molecule has 1 fully saturated rings. The largest absolute Gasteiger partial charge is 0.459 e. The van der Waals surface area contributed by atoms with Gasteiger partial charge in [-0.05, 0) is 36.8 Å². The predicted octanol–water partition coefficient (Wildman–Crippen LogP) is 3.28. The van der Waals surface area contributed by atoms with E-state index in [1.54, 1.807) is 12.1 Å². The van der Waals surface area contributed by atoms with Crippen LogP contribution >= 0.6 is 0 Å². The second-order valence-electron chi connectivity index (χ2n) is 4.87. The fraction of sp³-hybridized carbons (Fsp3) is 0.500. The fourth-order valence-corrected chi connectivity index (χ4v) is 2.04. The van der Waals surface area contributed by atoms with Gasteiger partial charge in [0, 0.05) is 0 Å². The van der Waals surface area contributed by atoms with Crippen molar-refractivity contribution in [2.75, 3.05) is 0 Å². The average molecular weight is 218 g/mol. The third-order valence-corrected chi connectivity index (χ3v) is 3.36. The smallest absolute Gasteiger partial charge is 0.338 e. The van der Waals surface area contributed by atoms with E-state index in [0.717, 1.165) is 18.8 Å². The summed E-state index contributed by atoms with van der Waals surface area (Å²) in [7, 11) is 0. The summed E-state index contributed by atoms with van der Waals surface area (Å²) in [6.45, 7) is 4.44. The first-order chi connectivity index (χ1) is 7.66. The molecule has 0 saturated heterocycles. The van der Waals surface area contributed by atoms with Gasteiger partial charge in [-0.1, -0.05) is 32.0 Å². The van der Waals surface area contributed by atoms with Crippen molar-refractivity contribution in [1.82, 2.24) is 0 Å². The van der Waals surface area contributed by atoms with Crippen molar-refractivity contribution >= 4 is 5.97 Å². The average Bonchev–Trinajstić information content (AvgIpc) is 2.23. The van der Waals surface area contributed by atoms with Gasteiger partial charge in [0.05, 0.1) is 5.56 Å². The Bertz CT molecular complexity index is 350. The Morgan fingerprint density at radius 2 is 1.88 bits per heavy atom. The minimum atomic E-state index is -0.187. The molecule has 0 aromatic heterocycles. The number of carbonyl (C=O) groups is 1. The summed E-state index contributed by atoms with van der Waals surface area (Å²) in [6, 6.07) is 9.19. The van der Waals surface area contributed by atoms with Gasteiger partial charge in [-0.15, -0.1) is 0 Å². The van der Waals surface area contributed by atoms with Gasteiger partial charge in [0.15, 0.2) is 0 Å². The minimum absolute atomic E-state index is 0.139. The molecule has 0 bridgehead atoms. The Labute approximate surface area is 96.6 Å². The normalized spacial score (nSPS) is 23.9. The molecule has 0 atom stereocenters. The summed E-state index contributed by atoms with van der Waals surface area (Å²) in [5, 5.41) is 0. The number of ether oxygens (including phenoxy) is 1. The zero-order chi connectivity index (χ0) is 11.5. The molecule has 2 heteroatoms. The van der Waals surface area contributed by atoms with E-state index in [4.69, 9.17) is 4.74 Å². The molecular weight excluding hydrogens is 200 g/mol. The Kier molecular flexibility index (Phi) is 3.28. The molecule has 0 heterocycles. The van der Waals surface area contributed by atoms with Crippen LogP contribution in [-0.2, 0) is 4.74 Å². The topological polar surface area (TPSA) is 26.3 Å². The molecule has 1 aromatic rings. The standard InChI is InChI=1S/C14H18O2/c1-10(2)12-8-13(9-12)16-14(15)11-6-4-3-5-7-11/h3-7,10,12-13H,8-9H2,1-2H3. The van der Waals surface area contributed by atoms with E-state index in [0.29, 0.717) is 11.5 Å². The predicted molar refractivity (Wildman–Crippen MR) is 63.2 cm³/mol. The maximum Gasteiger partial charge on any atom is 0.338 e. The van der Waals surface area contributed by atoms with E-state index in [1.165, 1.54) is 0 Å². The number of carbonyl (C=O) groups excluding carboxylic acids is 1. The second-order valence-corrected chi connectivity index (χ2v) is 4.87. The molecule has 1 saturated carbocycles. The van der Waals surface area contributed by atoms with Gasteiger partial charge >= 0.3 is 5.97 Å². The van der Waals surface area contributed by atoms with E-state index in [9.17, 15) is 4.79 Å². The Hall–Kier alpha value is -1.31. The van der Waals surface area contributed by atoms with Crippen molar-refractivity contribution in [2.45, 2.75) is 32.8 Å². The lowest BCUT2D eigenvalue weighted by atomic mass is 9.75. The van der Waals surface area contributed by atoms with Crippen LogP contribution in [0.2, 0.25) is 0 Å². The molecule has 1 aromatic carbocycles. The summed E-state index contributed by atoms with van der Waals surface area (Å²) in [5.41, 5.74) is 0.649. The first-order valence-electron chi connectivity index (χ1n) is 5.93. The summed E-state index contributed by atoms with van der Waals surface area (Å²) < 4.78 is 5.41. The molecule has 0 radical (unpaired) electrons. The first kappa shape index (κ1) is 11.2. The van der Waals surface area contributed by atoms with Crippen LogP contribution in [0.5, 0.6) is 0 Å². The number of hydrogen-bond acceptors (Lipinski definition) is 2. The Morgan fingerprint density at radius 1 is 1.25 bits per heavy atom. The van der Waals surface area contributed by atoms with Crippen LogP contribution in [0.25, 0.3) is 0 Å². The zero-order valence-electron chi connectivity index (χ0n) is 9.85. The van der Waals surface area contributed by atoms with Crippen molar-refractivity contribution in [2.24, 2.45) is 11.8 Å². The summed E-state index contributed by atoms with van der Waals surface area (Å²) >= 11 is 0. The molecule has 1 aliphatic carbocycles. The minimum Gasteiger partial charge on any atom is -0.459 e. The molecule has 2 nitrogen and oxygen atoms in total. The fourth-order valence-electron chi connectivity index (χ4n) is 2.04. The Balaban J connectivity index is 1.82. The van der Waals surface area contributed by atoms with Crippen LogP contribution in [0.3, 0.4) is 0 Å². The molecular formula is C14H18O2. The van der Waals surface area contributed by atoms with Crippen molar-refractivity contribution in [3.8, 4) is 0 Å². The number of benzene rings is 1. The number of hydrogen-bond donors (Lipinski definition) is 0. The van der Waals surface area contributed by atoms with Crippen molar-refractivity contribution in [3.05, 3.63) is 35.9 Å². The highest BCUT2D eigenvalue weighted by Gasteiger charge is 2.33. The third-order valence-electron chi connectivity index (χ3n) is 3.36. The van der Waals surface area contributed by atoms with Gasteiger partial charge < -0.3 is 4.74 Å². The van der Waals surface area contributed by atoms with E-state index in [-0.39, 0.29) is 12.1 Å². The van der Waals surface area contributed by atoms with E-state index in [2.05, 4.69) is 13.8 Å². The quantitative estimate of drug-likeness (QED) is 0.728. The van der Waals surface area contributed by atoms with Gasteiger partial charge in [0.2, 0.25) is 0 Å². The zero-order valence-corrected chi connectivity index (χ0v) is 9.85. The van der Waals surface area contributed by atoms with Gasteiger partial charge in [-0.2, -0.15) is 0 Å². The van der Waals surface area contributed by atoms with Crippen LogP contribution in [0.4, 0.5) is 0 Å². The first-order valence-corrected chi connectivity index (χ1v) is 5.93. The monoisotopic (exact) mass is 218 g/mol. The van der Waals surface area contributed by atoms with Crippen LogP contribution in [0.1, 0.15) is 37.0 Å². The van der Waals surface area contributed by atoms with Crippen LogP contribution < -0.4 is 0 Å². The van der Waals surface area contributed by atoms with Crippen molar-refractivity contribution in [3.63, 3.8) is 0 Å². The summed E-state index contributed by atoms with van der Waals surface area (Å²) in [5.74, 6) is 1.24. The van der Waals surface area contributed by atoms with Crippen LogP contribution in [-0.4, -0.2) is 12.1 Å². The molecule has 0 N–H and O–H groups in total. The summed E-state index contributed by atoms with van der Waals surface area (Å²) in [4.78, 5) is 11.7. The van der Waals surface area contributed by atoms with E-state index < -0.39 is 0 Å². The molecule has 86 valence electrons. The molecule has 1 aliphatic rings. The molecule has 16 heavy (non-hydrogen) atoms. The Morgan fingerprint density at radius 3 is 2.44 bits per heavy atom. The van der Waals surface area contributed by atoms with Crippen LogP contribution in [0.15, 0.2) is 30.3 Å². The van der Waals surface area contributed by atoms with E-state index in [1.807, 2.05) is 18.2 Å². The van der Waals surface area contributed by atoms with Gasteiger partial charge in [0.25, 0.3) is 0 Å². The highest BCUT2D eigenvalue weighted by Crippen LogP contribution is 2.35. The highest BCUT2D eigenvalue weighted by atomic mass is 16.5. The third kappa shape index (κ3) is 2.43. The SMILES string of the molecule is CC(C)C1CC(OC(=O)c2ccccc2)C1. The highest BCUT2D eigenvalue weighted by molar-refractivity contribution is 5.89. The van der Waals surface area contributed by atoms with Gasteiger partial charge in [-0.25, -0.2) is 4.79 Å². The number of esters is 1. The van der Waals surface area contributed by atoms with E-state index >= 15 is 0 Å². The molecule has 0 spiro atoms. The molecule has 0 aliphatic heterocycles. The second kappa shape index (κ2) is 4.69. The van der Waals surface area contributed by atoms with Gasteiger partial charge in [0.1, 0.15) is 6.10 Å². The van der Waals surface area contributed by atoms with Crippen LogP contribution in [0, 0.1) is 11.8 Å². The lowest BCUT2D eigenvalue weighted by Crippen LogP contribution is -2.35. The maximum atomic E-state index is 11.7. The van der Waals surface area contributed by atoms with Crippen molar-refractivity contribution < 1.29 is 9.53 Å². The lowest BCUT2D eigenvalue weighted by molar-refractivity contribution is -0.0207. The molecule has 0 amide bonds. The molecule has 0 unspecified atom stereocenters. The molecule has 2 rings (SSSR count). The van der Waals surface area contributed by atoms with Crippen molar-refractivity contribution in [1.29, 1.82) is 0 Å². The van der Waals surface area contributed by atoms with Gasteiger partial charge in [-0.3, -0.25) is 0 Å².